The molecule has 3 N–H and O–H groups in total. The molecule has 0 bridgehead atoms. The number of amides is 2. The van der Waals surface area contributed by atoms with E-state index in [0.29, 0.717) is 57.5 Å². The maximum absolute atomic E-state index is 12.2. The molecular weight excluding hydrogens is 634 g/mol. The van der Waals surface area contributed by atoms with Crippen molar-refractivity contribution >= 4 is 23.2 Å². The Hall–Kier alpha value is -4.55. The lowest BCUT2D eigenvalue weighted by atomic mass is 10.2. The number of hydrogen-bond acceptors (Lipinski definition) is 7. The highest BCUT2D eigenvalue weighted by molar-refractivity contribution is 5.76. The van der Waals surface area contributed by atoms with Crippen molar-refractivity contribution in [3.8, 4) is 0 Å². The Morgan fingerprint density at radius 3 is 2.16 bits per heavy atom. The van der Waals surface area contributed by atoms with Gasteiger partial charge in [-0.25, -0.2) is 14.8 Å². The van der Waals surface area contributed by atoms with E-state index in [1.54, 1.807) is 4.57 Å². The van der Waals surface area contributed by atoms with Crippen molar-refractivity contribution in [1.82, 2.24) is 34.6 Å². The van der Waals surface area contributed by atoms with Crippen LogP contribution in [0.15, 0.2) is 90.4 Å². The van der Waals surface area contributed by atoms with Gasteiger partial charge in [0.05, 0.1) is 25.3 Å². The number of rotatable bonds is 23. The summed E-state index contributed by atoms with van der Waals surface area (Å²) in [5.41, 5.74) is 0.373. The average Bonchev–Trinajstić information content (AvgIpc) is 3.75. The van der Waals surface area contributed by atoms with Crippen molar-refractivity contribution < 1.29 is 19.4 Å². The second kappa shape index (κ2) is 23.7. The van der Waals surface area contributed by atoms with E-state index in [1.807, 2.05) is 18.0 Å². The fraction of sp³-hybridized carbons (Fsp3) is 0.500. The van der Waals surface area contributed by atoms with E-state index >= 15 is 0 Å². The summed E-state index contributed by atoms with van der Waals surface area (Å²) in [5, 5.41) is 12.7. The van der Waals surface area contributed by atoms with Crippen molar-refractivity contribution in [2.75, 3.05) is 39.8 Å². The molecule has 12 heteroatoms. The zero-order valence-corrected chi connectivity index (χ0v) is 29.7. The summed E-state index contributed by atoms with van der Waals surface area (Å²) >= 11 is 0. The average molecular weight is 690 g/mol. The molecule has 50 heavy (non-hydrogen) atoms. The van der Waals surface area contributed by atoms with Crippen LogP contribution in [0.3, 0.4) is 0 Å². The monoisotopic (exact) mass is 689 g/mol. The Labute approximate surface area is 296 Å². The standard InChI is InChI=1S/C38H55N7O5/c1-3-4-5-6-7-8-9-10-11-12-13-14-15-16-17-18-19-20-21-22-33(46)39-25-26-43(2)27-28-44(38(48)49)29-32-23-24-34(50-32)45-31-42-35-36(45)40-30-41-37(35)47/h4-5,7-8,10-11,13-14,16-17,19-20,30-32,34H,3,6,9,12,15,18,21-29H2,1-2H3,(H,39,46)(H,48,49)(H,40,41,47)/t32-,34+/m0/s1. The van der Waals surface area contributed by atoms with Gasteiger partial charge in [0.1, 0.15) is 6.23 Å². The van der Waals surface area contributed by atoms with E-state index in [2.05, 4.69) is 94.0 Å². The number of aromatic amines is 1. The molecule has 1 aliphatic rings. The number of fused-ring (bicyclic) bond motifs is 1. The third-order valence-electron chi connectivity index (χ3n) is 8.16. The molecule has 1 fully saturated rings. The lowest BCUT2D eigenvalue weighted by Gasteiger charge is -2.26. The van der Waals surface area contributed by atoms with Crippen LogP contribution in [0.4, 0.5) is 4.79 Å². The molecule has 12 nitrogen and oxygen atoms in total. The molecule has 0 aliphatic carbocycles. The number of nitrogens with zero attached hydrogens (tertiary/aromatic N) is 5. The van der Waals surface area contributed by atoms with Crippen LogP contribution >= 0.6 is 0 Å². The summed E-state index contributed by atoms with van der Waals surface area (Å²) in [7, 11) is 1.91. The third kappa shape index (κ3) is 15.3. The van der Waals surface area contributed by atoms with Gasteiger partial charge in [-0.15, -0.1) is 0 Å². The third-order valence-corrected chi connectivity index (χ3v) is 8.16. The minimum Gasteiger partial charge on any atom is -0.465 e. The number of carboxylic acid groups (broad SMARTS) is 1. The summed E-state index contributed by atoms with van der Waals surface area (Å²) in [4.78, 5) is 50.4. The molecule has 0 unspecified atom stereocenters. The molecule has 2 atom stereocenters. The van der Waals surface area contributed by atoms with Crippen molar-refractivity contribution in [2.45, 2.75) is 83.5 Å². The van der Waals surface area contributed by atoms with Crippen molar-refractivity contribution in [1.29, 1.82) is 0 Å². The number of allylic oxidation sites excluding steroid dienone is 12. The van der Waals surface area contributed by atoms with E-state index in [1.165, 1.54) is 17.6 Å². The number of likely N-dealkylation sites (N-methyl/N-ethyl adjacent to an activating group) is 1. The normalized spacial score (nSPS) is 17.0. The Morgan fingerprint density at radius 1 is 0.920 bits per heavy atom. The summed E-state index contributed by atoms with van der Waals surface area (Å²) in [6.45, 7) is 4.33. The van der Waals surface area contributed by atoms with Crippen molar-refractivity contribution in [2.24, 2.45) is 0 Å². The first-order valence-electron chi connectivity index (χ1n) is 17.8. The second-order valence-electron chi connectivity index (χ2n) is 12.2. The molecule has 0 saturated carbocycles. The number of nitrogens with one attached hydrogen (secondary N) is 2. The molecule has 0 radical (unpaired) electrons. The Kier molecular flexibility index (Phi) is 18.9. The molecule has 272 valence electrons. The van der Waals surface area contributed by atoms with Gasteiger partial charge in [0.25, 0.3) is 5.56 Å². The zero-order chi connectivity index (χ0) is 35.8. The molecule has 1 saturated heterocycles. The molecule has 2 aromatic heterocycles. The highest BCUT2D eigenvalue weighted by Gasteiger charge is 2.30. The van der Waals surface area contributed by atoms with E-state index < -0.39 is 6.09 Å². The molecule has 3 heterocycles. The number of H-pyrrole nitrogens is 1. The van der Waals surface area contributed by atoms with Crippen LogP contribution in [0.2, 0.25) is 0 Å². The van der Waals surface area contributed by atoms with E-state index in [0.717, 1.165) is 38.5 Å². The summed E-state index contributed by atoms with van der Waals surface area (Å²) < 4.78 is 7.85. The van der Waals surface area contributed by atoms with Crippen molar-refractivity contribution in [3.05, 3.63) is 95.9 Å². The summed E-state index contributed by atoms with van der Waals surface area (Å²) in [5.74, 6) is 0.00325. The number of carbonyl (C=O) groups excluding carboxylic acids is 1. The first-order valence-corrected chi connectivity index (χ1v) is 17.8. The van der Waals surface area contributed by atoms with Gasteiger partial charge in [0.2, 0.25) is 5.91 Å². The van der Waals surface area contributed by atoms with Crippen LogP contribution in [0.1, 0.15) is 77.4 Å². The van der Waals surface area contributed by atoms with Gasteiger partial charge in [-0.2, -0.15) is 0 Å². The maximum Gasteiger partial charge on any atom is 0.407 e. The molecule has 0 spiro atoms. The van der Waals surface area contributed by atoms with Crippen LogP contribution in [-0.4, -0.2) is 92.3 Å². The van der Waals surface area contributed by atoms with Gasteiger partial charge in [0.15, 0.2) is 11.2 Å². The predicted octanol–water partition coefficient (Wildman–Crippen LogP) is 6.30. The van der Waals surface area contributed by atoms with Gasteiger partial charge < -0.3 is 29.9 Å². The fourth-order valence-electron chi connectivity index (χ4n) is 5.34. The van der Waals surface area contributed by atoms with Crippen LogP contribution in [0, 0.1) is 0 Å². The number of carbonyl (C=O) groups is 2. The first kappa shape index (κ1) is 39.9. The van der Waals surface area contributed by atoms with Gasteiger partial charge in [-0.05, 0) is 64.8 Å². The SMILES string of the molecule is CCC=CCC=CCC=CCC=CCC=CCC=CCCC(=O)NCCN(C)CCN(C[C@@H]1CC[C@H](n2cnc3c(=O)[nH]cnc32)O1)C(=O)O. The highest BCUT2D eigenvalue weighted by Crippen LogP contribution is 2.30. The topological polar surface area (TPSA) is 146 Å². The van der Waals surface area contributed by atoms with E-state index in [-0.39, 0.29) is 35.9 Å². The van der Waals surface area contributed by atoms with Crippen LogP contribution in [0.5, 0.6) is 0 Å². The number of imidazole rings is 1. The van der Waals surface area contributed by atoms with Crippen LogP contribution in [0.25, 0.3) is 11.2 Å². The van der Waals surface area contributed by atoms with Gasteiger partial charge in [-0.3, -0.25) is 14.2 Å². The lowest BCUT2D eigenvalue weighted by Crippen LogP contribution is -2.42. The fourth-order valence-corrected chi connectivity index (χ4v) is 5.34. The molecule has 3 rings (SSSR count). The largest absolute Gasteiger partial charge is 0.465 e. The number of ether oxygens (including phenoxy) is 1. The molecule has 1 aliphatic heterocycles. The Morgan fingerprint density at radius 2 is 1.54 bits per heavy atom. The first-order chi connectivity index (χ1) is 24.4. The minimum atomic E-state index is -1.01. The second-order valence-corrected chi connectivity index (χ2v) is 12.2. The van der Waals surface area contributed by atoms with Gasteiger partial charge in [0, 0.05) is 32.6 Å². The lowest BCUT2D eigenvalue weighted by molar-refractivity contribution is -0.121. The maximum atomic E-state index is 12.2. The summed E-state index contributed by atoms with van der Waals surface area (Å²) in [6, 6.07) is 0. The number of aromatic nitrogens is 4. The Balaban J connectivity index is 1.20. The zero-order valence-electron chi connectivity index (χ0n) is 29.7. The van der Waals surface area contributed by atoms with Gasteiger partial charge in [-0.1, -0.05) is 79.8 Å². The van der Waals surface area contributed by atoms with E-state index in [9.17, 15) is 19.5 Å². The minimum absolute atomic E-state index is 0.00325. The number of hydrogen-bond donors (Lipinski definition) is 3. The van der Waals surface area contributed by atoms with Crippen LogP contribution in [-0.2, 0) is 9.53 Å². The smallest absolute Gasteiger partial charge is 0.407 e. The highest BCUT2D eigenvalue weighted by atomic mass is 16.5. The van der Waals surface area contributed by atoms with Gasteiger partial charge >= 0.3 is 6.09 Å². The predicted molar refractivity (Wildman–Crippen MR) is 199 cm³/mol. The van der Waals surface area contributed by atoms with Crippen molar-refractivity contribution in [3.63, 3.8) is 0 Å². The quantitative estimate of drug-likeness (QED) is 0.115. The molecule has 2 aromatic rings. The Bertz CT molecular complexity index is 1540. The molecule has 0 aromatic carbocycles. The van der Waals surface area contributed by atoms with Crippen LogP contribution < -0.4 is 10.9 Å². The summed E-state index contributed by atoms with van der Waals surface area (Å²) in [6.07, 6.45) is 35.4. The van der Waals surface area contributed by atoms with E-state index in [4.69, 9.17) is 4.74 Å². The molecular formula is C38H55N7O5. The molecule has 2 amide bonds.